The molecule has 0 spiro atoms. The smallest absolute Gasteiger partial charge is 0.251 e. The fraction of sp³-hybridized carbons (Fsp3) is 0.375. The maximum absolute atomic E-state index is 13.0. The van der Waals surface area contributed by atoms with Crippen LogP contribution in [0.1, 0.15) is 56.7 Å². The van der Waals surface area contributed by atoms with Crippen molar-refractivity contribution in [2.45, 2.75) is 52.0 Å². The van der Waals surface area contributed by atoms with Crippen molar-refractivity contribution in [2.24, 2.45) is 0 Å². The number of carbonyl (C=O) groups is 1. The maximum atomic E-state index is 13.0. The third-order valence-corrected chi connectivity index (χ3v) is 5.31. The van der Waals surface area contributed by atoms with E-state index in [2.05, 4.69) is 38.1 Å². The molecule has 0 N–H and O–H groups in total. The first-order valence-corrected chi connectivity index (χ1v) is 9.91. The van der Waals surface area contributed by atoms with Crippen LogP contribution in [-0.2, 0) is 11.2 Å². The molecule has 3 rings (SSSR count). The lowest BCUT2D eigenvalue weighted by Gasteiger charge is -2.36. The lowest BCUT2D eigenvalue weighted by molar-refractivity contribution is -0.115. The number of hydrogen-bond donors (Lipinski definition) is 0. The number of hydrogen-bond acceptors (Lipinski definition) is 2. The van der Waals surface area contributed by atoms with Gasteiger partial charge in [-0.25, -0.2) is 0 Å². The molecule has 1 amide bonds. The molecule has 3 heteroatoms. The molecule has 0 aromatic heterocycles. The molecule has 0 aliphatic carbocycles. The molecule has 1 aliphatic heterocycles. The van der Waals surface area contributed by atoms with Gasteiger partial charge in [-0.1, -0.05) is 50.1 Å². The van der Waals surface area contributed by atoms with E-state index in [4.69, 9.17) is 4.74 Å². The molecule has 1 aliphatic rings. The second kappa shape index (κ2) is 8.90. The first kappa shape index (κ1) is 19.2. The quantitative estimate of drug-likeness (QED) is 0.617. The van der Waals surface area contributed by atoms with Crippen LogP contribution < -0.4 is 9.64 Å². The Morgan fingerprint density at radius 3 is 2.33 bits per heavy atom. The number of carbonyl (C=O) groups excluding carboxylic acids is 1. The lowest BCUT2D eigenvalue weighted by Crippen LogP contribution is -2.37. The number of rotatable bonds is 7. The Bertz CT molecular complexity index is 790. The van der Waals surface area contributed by atoms with Crippen LogP contribution in [0.3, 0.4) is 0 Å². The van der Waals surface area contributed by atoms with Gasteiger partial charge in [0.2, 0.25) is 0 Å². The van der Waals surface area contributed by atoms with Crippen LogP contribution in [0.25, 0.3) is 0 Å². The van der Waals surface area contributed by atoms with Crippen molar-refractivity contribution in [3.05, 3.63) is 71.3 Å². The monoisotopic (exact) mass is 363 g/mol. The summed E-state index contributed by atoms with van der Waals surface area (Å²) >= 11 is 0. The third-order valence-electron chi connectivity index (χ3n) is 5.31. The molecule has 0 fully saturated rings. The summed E-state index contributed by atoms with van der Waals surface area (Å²) in [5.74, 6) is 0.869. The molecule has 2 aromatic rings. The van der Waals surface area contributed by atoms with Gasteiger partial charge in [0, 0.05) is 11.8 Å². The number of benzene rings is 2. The van der Waals surface area contributed by atoms with Crippen molar-refractivity contribution >= 4 is 11.6 Å². The van der Waals surface area contributed by atoms with Crippen molar-refractivity contribution < 1.29 is 9.53 Å². The predicted molar refractivity (Wildman–Crippen MR) is 111 cm³/mol. The van der Waals surface area contributed by atoms with E-state index in [9.17, 15) is 4.79 Å². The molecule has 0 saturated heterocycles. The van der Waals surface area contributed by atoms with Gasteiger partial charge in [0.05, 0.1) is 13.2 Å². The number of ether oxygens (including phenoxy) is 1. The Labute approximate surface area is 162 Å². The normalized spacial score (nSPS) is 17.0. The van der Waals surface area contributed by atoms with Gasteiger partial charge in [-0.15, -0.1) is 0 Å². The standard InChI is InChI=1S/C24H29NO2/c1-4-6-7-19-16-23(20-10-8-18(5-2)9-11-20)25(24(26)17-19)21-12-14-22(27-3)15-13-21/h8-15,17,23H,4-7,16H2,1-3H3/t23-/m0/s1. The average molecular weight is 364 g/mol. The molecule has 3 nitrogen and oxygen atoms in total. The Morgan fingerprint density at radius 1 is 1.04 bits per heavy atom. The van der Waals surface area contributed by atoms with Crippen LogP contribution >= 0.6 is 0 Å². The molecule has 1 atom stereocenters. The van der Waals surface area contributed by atoms with Crippen molar-refractivity contribution in [3.8, 4) is 5.75 Å². The van der Waals surface area contributed by atoms with Gasteiger partial charge in [-0.2, -0.15) is 0 Å². The van der Waals surface area contributed by atoms with Crippen LogP contribution in [0, 0.1) is 0 Å². The average Bonchev–Trinajstić information content (AvgIpc) is 2.72. The zero-order chi connectivity index (χ0) is 19.2. The molecule has 27 heavy (non-hydrogen) atoms. The van der Waals surface area contributed by atoms with E-state index in [0.717, 1.165) is 43.5 Å². The van der Waals surface area contributed by atoms with E-state index in [-0.39, 0.29) is 11.9 Å². The SMILES string of the molecule is CCCCC1=CC(=O)N(c2ccc(OC)cc2)[C@H](c2ccc(CC)cc2)C1. The summed E-state index contributed by atoms with van der Waals surface area (Å²) < 4.78 is 5.27. The van der Waals surface area contributed by atoms with Gasteiger partial charge >= 0.3 is 0 Å². The molecule has 0 bridgehead atoms. The van der Waals surface area contributed by atoms with E-state index in [0.29, 0.717) is 0 Å². The molecule has 1 heterocycles. The van der Waals surface area contributed by atoms with Crippen LogP contribution in [0.4, 0.5) is 5.69 Å². The first-order valence-electron chi connectivity index (χ1n) is 9.91. The van der Waals surface area contributed by atoms with Crippen molar-refractivity contribution in [1.29, 1.82) is 0 Å². The predicted octanol–water partition coefficient (Wildman–Crippen LogP) is 5.85. The summed E-state index contributed by atoms with van der Waals surface area (Å²) in [6, 6.07) is 16.5. The summed E-state index contributed by atoms with van der Waals surface area (Å²) in [4.78, 5) is 15.0. The fourth-order valence-corrected chi connectivity index (χ4v) is 3.67. The number of methoxy groups -OCH3 is 1. The van der Waals surface area contributed by atoms with Gasteiger partial charge in [0.15, 0.2) is 0 Å². The van der Waals surface area contributed by atoms with E-state index in [1.54, 1.807) is 7.11 Å². The second-order valence-corrected chi connectivity index (χ2v) is 7.13. The third kappa shape index (κ3) is 4.41. The number of amides is 1. The van der Waals surface area contributed by atoms with Gasteiger partial charge in [0.25, 0.3) is 5.91 Å². The van der Waals surface area contributed by atoms with Crippen molar-refractivity contribution in [1.82, 2.24) is 0 Å². The summed E-state index contributed by atoms with van der Waals surface area (Å²) in [6.07, 6.45) is 7.03. The minimum absolute atomic E-state index is 0.0358. The summed E-state index contributed by atoms with van der Waals surface area (Å²) in [5, 5.41) is 0. The summed E-state index contributed by atoms with van der Waals surface area (Å²) in [5.41, 5.74) is 4.68. The van der Waals surface area contributed by atoms with E-state index in [1.165, 1.54) is 16.7 Å². The minimum Gasteiger partial charge on any atom is -0.497 e. The minimum atomic E-state index is 0.0358. The van der Waals surface area contributed by atoms with Gasteiger partial charge in [0.1, 0.15) is 5.75 Å². The van der Waals surface area contributed by atoms with E-state index >= 15 is 0 Å². The first-order chi connectivity index (χ1) is 13.2. The maximum Gasteiger partial charge on any atom is 0.251 e. The Kier molecular flexibility index (Phi) is 6.33. The van der Waals surface area contributed by atoms with Crippen LogP contribution in [0.2, 0.25) is 0 Å². The van der Waals surface area contributed by atoms with Gasteiger partial charge in [-0.05, 0) is 61.1 Å². The second-order valence-electron chi connectivity index (χ2n) is 7.13. The Balaban J connectivity index is 1.97. The number of nitrogens with zero attached hydrogens (tertiary/aromatic N) is 1. The van der Waals surface area contributed by atoms with Gasteiger partial charge < -0.3 is 9.64 Å². The van der Waals surface area contributed by atoms with Crippen LogP contribution in [0.15, 0.2) is 60.2 Å². The summed E-state index contributed by atoms with van der Waals surface area (Å²) in [7, 11) is 1.65. The number of anilines is 1. The highest BCUT2D eigenvalue weighted by Crippen LogP contribution is 2.37. The van der Waals surface area contributed by atoms with Crippen LogP contribution in [-0.4, -0.2) is 13.0 Å². The number of unbranched alkanes of at least 4 members (excludes halogenated alkanes) is 1. The highest BCUT2D eigenvalue weighted by atomic mass is 16.5. The van der Waals surface area contributed by atoms with Crippen LogP contribution in [0.5, 0.6) is 5.75 Å². The molecule has 142 valence electrons. The highest BCUT2D eigenvalue weighted by molar-refractivity contribution is 6.03. The zero-order valence-electron chi connectivity index (χ0n) is 16.6. The van der Waals surface area contributed by atoms with Crippen molar-refractivity contribution in [2.75, 3.05) is 12.0 Å². The Hall–Kier alpha value is -2.55. The molecule has 0 saturated carbocycles. The molecule has 0 unspecified atom stereocenters. The molecule has 2 aromatic carbocycles. The molecule has 0 radical (unpaired) electrons. The molecular weight excluding hydrogens is 334 g/mol. The molecular formula is C24H29NO2. The highest BCUT2D eigenvalue weighted by Gasteiger charge is 2.30. The largest absolute Gasteiger partial charge is 0.497 e. The van der Waals surface area contributed by atoms with Gasteiger partial charge in [-0.3, -0.25) is 4.79 Å². The Morgan fingerprint density at radius 2 is 1.74 bits per heavy atom. The van der Waals surface area contributed by atoms with E-state index < -0.39 is 0 Å². The topological polar surface area (TPSA) is 29.5 Å². The van der Waals surface area contributed by atoms with Crippen molar-refractivity contribution in [3.63, 3.8) is 0 Å². The fourth-order valence-electron chi connectivity index (χ4n) is 3.67. The number of aryl methyl sites for hydroxylation is 1. The zero-order valence-corrected chi connectivity index (χ0v) is 16.6. The van der Waals surface area contributed by atoms with E-state index in [1.807, 2.05) is 35.2 Å². The summed E-state index contributed by atoms with van der Waals surface area (Å²) in [6.45, 7) is 4.35. The lowest BCUT2D eigenvalue weighted by atomic mass is 9.90.